The molecule has 0 radical (unpaired) electrons. The molecule has 1 N–H and O–H groups in total. The van der Waals surface area contributed by atoms with Crippen LogP contribution in [0.15, 0.2) is 11.4 Å². The van der Waals surface area contributed by atoms with Crippen molar-refractivity contribution in [3.63, 3.8) is 0 Å². The molecule has 23 heavy (non-hydrogen) atoms. The smallest absolute Gasteiger partial charge is 0.317 e. The van der Waals surface area contributed by atoms with E-state index in [0.29, 0.717) is 19.5 Å². The predicted molar refractivity (Wildman–Crippen MR) is 89.4 cm³/mol. The Labute approximate surface area is 141 Å². The minimum Gasteiger partial charge on any atom is -0.469 e. The summed E-state index contributed by atoms with van der Waals surface area (Å²) in [5.74, 6) is -0.125. The lowest BCUT2D eigenvalue weighted by atomic mass is 9.87. The van der Waals surface area contributed by atoms with Crippen LogP contribution in [-0.2, 0) is 16.0 Å². The van der Waals surface area contributed by atoms with Gasteiger partial charge in [-0.15, -0.1) is 11.3 Å². The van der Waals surface area contributed by atoms with Crippen molar-refractivity contribution in [3.8, 4) is 0 Å². The van der Waals surface area contributed by atoms with Crippen molar-refractivity contribution in [1.29, 1.82) is 0 Å². The molecular weight excluding hydrogens is 312 g/mol. The Hall–Kier alpha value is -1.56. The van der Waals surface area contributed by atoms with E-state index in [-0.39, 0.29) is 29.9 Å². The van der Waals surface area contributed by atoms with Gasteiger partial charge in [-0.25, -0.2) is 4.79 Å². The zero-order valence-electron chi connectivity index (χ0n) is 13.7. The SMILES string of the molecule is COC(=O)[C@@H]1CCN(C(=O)N[C@@H]2CCCc3sccc32)C[C@H]1C. The first-order chi connectivity index (χ1) is 11.1. The first-order valence-corrected chi connectivity index (χ1v) is 9.17. The third kappa shape index (κ3) is 3.37. The van der Waals surface area contributed by atoms with Gasteiger partial charge in [-0.1, -0.05) is 6.92 Å². The summed E-state index contributed by atoms with van der Waals surface area (Å²) in [6, 6.07) is 2.26. The average molecular weight is 336 g/mol. The van der Waals surface area contributed by atoms with Crippen LogP contribution in [-0.4, -0.2) is 37.1 Å². The maximum absolute atomic E-state index is 12.6. The van der Waals surface area contributed by atoms with Crippen LogP contribution in [0.2, 0.25) is 0 Å². The number of amides is 2. The van der Waals surface area contributed by atoms with Gasteiger partial charge in [0.2, 0.25) is 0 Å². The molecule has 3 atom stereocenters. The summed E-state index contributed by atoms with van der Waals surface area (Å²) in [7, 11) is 1.43. The number of aryl methyl sites for hydroxylation is 1. The standard InChI is InChI=1S/C17H24N2O3S/c1-11-10-19(8-6-12(11)16(20)22-2)17(21)18-14-4-3-5-15-13(14)7-9-23-15/h7,9,11-12,14H,3-6,8,10H2,1-2H3,(H,18,21)/t11-,12-,14-/m1/s1. The van der Waals surface area contributed by atoms with Gasteiger partial charge in [-0.2, -0.15) is 0 Å². The highest BCUT2D eigenvalue weighted by Crippen LogP contribution is 2.33. The molecule has 1 saturated heterocycles. The molecule has 3 rings (SSSR count). The number of esters is 1. The van der Waals surface area contributed by atoms with Gasteiger partial charge < -0.3 is 15.0 Å². The normalized spacial score (nSPS) is 27.2. The van der Waals surface area contributed by atoms with Crippen molar-refractivity contribution >= 4 is 23.3 Å². The van der Waals surface area contributed by atoms with E-state index in [1.807, 2.05) is 11.8 Å². The van der Waals surface area contributed by atoms with Crippen molar-refractivity contribution < 1.29 is 14.3 Å². The van der Waals surface area contributed by atoms with E-state index >= 15 is 0 Å². The fourth-order valence-corrected chi connectivity index (χ4v) is 4.70. The Morgan fingerprint density at radius 2 is 2.22 bits per heavy atom. The maximum atomic E-state index is 12.6. The molecular formula is C17H24N2O3S. The van der Waals surface area contributed by atoms with Crippen LogP contribution in [0.25, 0.3) is 0 Å². The molecule has 1 aromatic heterocycles. The Morgan fingerprint density at radius 1 is 1.39 bits per heavy atom. The van der Waals surface area contributed by atoms with Gasteiger partial charge in [0.1, 0.15) is 0 Å². The van der Waals surface area contributed by atoms with Crippen LogP contribution in [0.3, 0.4) is 0 Å². The summed E-state index contributed by atoms with van der Waals surface area (Å²) < 4.78 is 4.85. The van der Waals surface area contributed by atoms with Crippen LogP contribution >= 0.6 is 11.3 Å². The molecule has 1 aliphatic heterocycles. The van der Waals surface area contributed by atoms with E-state index in [4.69, 9.17) is 4.74 Å². The molecule has 0 spiro atoms. The number of methoxy groups -OCH3 is 1. The molecule has 2 aliphatic rings. The van der Waals surface area contributed by atoms with E-state index in [9.17, 15) is 9.59 Å². The van der Waals surface area contributed by atoms with Crippen LogP contribution in [0, 0.1) is 11.8 Å². The van der Waals surface area contributed by atoms with Gasteiger partial charge >= 0.3 is 12.0 Å². The molecule has 1 aromatic rings. The van der Waals surface area contributed by atoms with Gasteiger partial charge in [0.15, 0.2) is 0 Å². The summed E-state index contributed by atoms with van der Waals surface area (Å²) >= 11 is 1.78. The summed E-state index contributed by atoms with van der Waals surface area (Å²) in [5.41, 5.74) is 1.28. The Morgan fingerprint density at radius 3 is 2.96 bits per heavy atom. The number of ether oxygens (including phenoxy) is 1. The quantitative estimate of drug-likeness (QED) is 0.845. The highest BCUT2D eigenvalue weighted by atomic mass is 32.1. The molecule has 0 unspecified atom stereocenters. The van der Waals surface area contributed by atoms with Gasteiger partial charge in [-0.05, 0) is 48.6 Å². The fourth-order valence-electron chi connectivity index (χ4n) is 3.71. The minimum atomic E-state index is -0.159. The zero-order chi connectivity index (χ0) is 16.4. The average Bonchev–Trinajstić information content (AvgIpc) is 3.03. The lowest BCUT2D eigenvalue weighted by molar-refractivity contribution is -0.148. The summed E-state index contributed by atoms with van der Waals surface area (Å²) in [6.45, 7) is 3.23. The lowest BCUT2D eigenvalue weighted by Gasteiger charge is -2.36. The van der Waals surface area contributed by atoms with Gasteiger partial charge in [0, 0.05) is 18.0 Å². The second kappa shape index (κ2) is 6.91. The zero-order valence-corrected chi connectivity index (χ0v) is 14.5. The Bertz CT molecular complexity index is 586. The van der Waals surface area contributed by atoms with Crippen molar-refractivity contribution in [3.05, 3.63) is 21.9 Å². The largest absolute Gasteiger partial charge is 0.469 e. The number of nitrogens with zero attached hydrogens (tertiary/aromatic N) is 1. The molecule has 0 aromatic carbocycles. The van der Waals surface area contributed by atoms with Crippen molar-refractivity contribution in [2.75, 3.05) is 20.2 Å². The fraction of sp³-hybridized carbons (Fsp3) is 0.647. The number of thiophene rings is 1. The molecule has 0 saturated carbocycles. The predicted octanol–water partition coefficient (Wildman–Crippen LogP) is 2.97. The van der Waals surface area contributed by atoms with Gasteiger partial charge in [0.05, 0.1) is 19.1 Å². The number of fused-ring (bicyclic) bond motifs is 1. The number of hydrogen-bond donors (Lipinski definition) is 1. The Balaban J connectivity index is 1.59. The van der Waals surface area contributed by atoms with Crippen molar-refractivity contribution in [2.24, 2.45) is 11.8 Å². The third-order valence-electron chi connectivity index (χ3n) is 5.05. The molecule has 1 aliphatic carbocycles. The van der Waals surface area contributed by atoms with Gasteiger partial charge in [-0.3, -0.25) is 4.79 Å². The number of rotatable bonds is 2. The van der Waals surface area contributed by atoms with Gasteiger partial charge in [0.25, 0.3) is 0 Å². The highest BCUT2D eigenvalue weighted by molar-refractivity contribution is 7.10. The molecule has 126 valence electrons. The topological polar surface area (TPSA) is 58.6 Å². The maximum Gasteiger partial charge on any atom is 0.317 e. The first kappa shape index (κ1) is 16.3. The van der Waals surface area contributed by atoms with Crippen LogP contribution < -0.4 is 5.32 Å². The first-order valence-electron chi connectivity index (χ1n) is 8.29. The van der Waals surface area contributed by atoms with E-state index in [2.05, 4.69) is 16.8 Å². The van der Waals surface area contributed by atoms with E-state index in [1.165, 1.54) is 17.6 Å². The van der Waals surface area contributed by atoms with Crippen LogP contribution in [0.4, 0.5) is 4.79 Å². The van der Waals surface area contributed by atoms with Crippen LogP contribution in [0.5, 0.6) is 0 Å². The lowest BCUT2D eigenvalue weighted by Crippen LogP contribution is -2.49. The molecule has 6 heteroatoms. The van der Waals surface area contributed by atoms with E-state index < -0.39 is 0 Å². The number of carbonyl (C=O) groups is 2. The molecule has 0 bridgehead atoms. The number of hydrogen-bond acceptors (Lipinski definition) is 4. The monoisotopic (exact) mass is 336 g/mol. The number of piperidine rings is 1. The number of carbonyl (C=O) groups excluding carboxylic acids is 2. The Kier molecular flexibility index (Phi) is 4.90. The number of nitrogens with one attached hydrogen (secondary N) is 1. The van der Waals surface area contributed by atoms with Crippen LogP contribution in [0.1, 0.15) is 42.7 Å². The van der Waals surface area contributed by atoms with Crippen molar-refractivity contribution in [1.82, 2.24) is 10.2 Å². The highest BCUT2D eigenvalue weighted by Gasteiger charge is 2.34. The summed E-state index contributed by atoms with van der Waals surface area (Å²) in [5, 5.41) is 5.30. The molecule has 2 heterocycles. The molecule has 1 fully saturated rings. The summed E-state index contributed by atoms with van der Waals surface area (Å²) in [4.78, 5) is 27.6. The number of urea groups is 1. The second-order valence-electron chi connectivity index (χ2n) is 6.54. The third-order valence-corrected chi connectivity index (χ3v) is 6.04. The molecule has 2 amide bonds. The van der Waals surface area contributed by atoms with E-state index in [1.54, 1.807) is 11.3 Å². The summed E-state index contributed by atoms with van der Waals surface area (Å²) in [6.07, 6.45) is 3.93. The molecule has 5 nitrogen and oxygen atoms in total. The second-order valence-corrected chi connectivity index (χ2v) is 7.54. The van der Waals surface area contributed by atoms with Crippen molar-refractivity contribution in [2.45, 2.75) is 38.6 Å². The van der Waals surface area contributed by atoms with E-state index in [0.717, 1.165) is 19.3 Å². The number of likely N-dealkylation sites (tertiary alicyclic amines) is 1. The minimum absolute atomic E-state index is 0.00999.